The molecule has 5 nitrogen and oxygen atoms in total. The zero-order valence-corrected chi connectivity index (χ0v) is 7.23. The molecule has 1 atom stereocenters. The van der Waals surface area contributed by atoms with E-state index in [4.69, 9.17) is 0 Å². The number of nitrogens with zero attached hydrogens (tertiary/aromatic N) is 1. The standard InChI is InChI=1S/C9H7NO4/c1-2-4-9(10(13)14)5-3-7(11)8(12)6-9/h3-5H,1,6H2. The Kier molecular flexibility index (Phi) is 2.45. The van der Waals surface area contributed by atoms with Crippen LogP contribution in [0.2, 0.25) is 0 Å². The average molecular weight is 193 g/mol. The SMILES string of the molecule is C=C=CC1([N+](=O)[O-])C=CC(=O)C(=O)C1. The van der Waals surface area contributed by atoms with E-state index in [1.807, 2.05) is 0 Å². The van der Waals surface area contributed by atoms with Crippen LogP contribution in [0.4, 0.5) is 0 Å². The highest BCUT2D eigenvalue weighted by atomic mass is 16.6. The molecule has 0 radical (unpaired) electrons. The number of carbonyl (C=O) groups excluding carboxylic acids is 2. The van der Waals surface area contributed by atoms with Gasteiger partial charge in [-0.1, -0.05) is 6.58 Å². The van der Waals surface area contributed by atoms with Crippen LogP contribution in [0.25, 0.3) is 0 Å². The first-order chi connectivity index (χ1) is 6.52. The van der Waals surface area contributed by atoms with Crippen molar-refractivity contribution in [1.82, 2.24) is 0 Å². The van der Waals surface area contributed by atoms with E-state index in [0.717, 1.165) is 18.2 Å². The van der Waals surface area contributed by atoms with Gasteiger partial charge in [-0.15, -0.1) is 5.73 Å². The van der Waals surface area contributed by atoms with Gasteiger partial charge in [-0.05, 0) is 6.08 Å². The quantitative estimate of drug-likeness (QED) is 0.276. The first-order valence-electron chi connectivity index (χ1n) is 3.80. The van der Waals surface area contributed by atoms with E-state index in [2.05, 4.69) is 12.3 Å². The fraction of sp³-hybridized carbons (Fsp3) is 0.222. The number of allylic oxidation sites excluding steroid dienone is 1. The highest BCUT2D eigenvalue weighted by Crippen LogP contribution is 2.23. The van der Waals surface area contributed by atoms with Crippen molar-refractivity contribution in [2.45, 2.75) is 12.0 Å². The van der Waals surface area contributed by atoms with Gasteiger partial charge >= 0.3 is 0 Å². The van der Waals surface area contributed by atoms with Crippen molar-refractivity contribution < 1.29 is 14.5 Å². The smallest absolute Gasteiger partial charge is 0.273 e. The molecule has 0 spiro atoms. The Balaban J connectivity index is 3.21. The third-order valence-electron chi connectivity index (χ3n) is 1.93. The number of rotatable bonds is 2. The van der Waals surface area contributed by atoms with Gasteiger partial charge in [0.15, 0.2) is 0 Å². The summed E-state index contributed by atoms with van der Waals surface area (Å²) in [6.07, 6.45) is 2.63. The zero-order valence-electron chi connectivity index (χ0n) is 7.23. The van der Waals surface area contributed by atoms with E-state index in [-0.39, 0.29) is 0 Å². The molecule has 0 heterocycles. The minimum absolute atomic E-state index is 0.460. The normalized spacial score (nSPS) is 25.7. The minimum Gasteiger partial charge on any atom is -0.290 e. The number of Topliss-reactive ketones (excluding diaryl/α,β-unsaturated/α-hetero) is 1. The fourth-order valence-electron chi connectivity index (χ4n) is 1.17. The van der Waals surface area contributed by atoms with Crippen LogP contribution in [0.1, 0.15) is 6.42 Å². The zero-order chi connectivity index (χ0) is 10.8. The van der Waals surface area contributed by atoms with Crippen molar-refractivity contribution in [3.05, 3.63) is 40.7 Å². The number of hydrogen-bond donors (Lipinski definition) is 0. The van der Waals surface area contributed by atoms with Crippen molar-refractivity contribution in [2.24, 2.45) is 0 Å². The van der Waals surface area contributed by atoms with E-state index in [0.29, 0.717) is 0 Å². The monoisotopic (exact) mass is 193 g/mol. The van der Waals surface area contributed by atoms with Crippen LogP contribution >= 0.6 is 0 Å². The Bertz CT molecular complexity index is 386. The summed E-state index contributed by atoms with van der Waals surface area (Å²) >= 11 is 0. The maximum absolute atomic E-state index is 11.0. The Morgan fingerprint density at radius 3 is 2.71 bits per heavy atom. The second-order valence-electron chi connectivity index (χ2n) is 2.89. The molecule has 0 bridgehead atoms. The van der Waals surface area contributed by atoms with Gasteiger partial charge in [0.2, 0.25) is 11.6 Å². The molecule has 0 fully saturated rings. The molecule has 1 aliphatic carbocycles. The topological polar surface area (TPSA) is 77.3 Å². The van der Waals surface area contributed by atoms with Crippen LogP contribution in [0.3, 0.4) is 0 Å². The van der Waals surface area contributed by atoms with Crippen molar-refractivity contribution in [3.8, 4) is 0 Å². The third-order valence-corrected chi connectivity index (χ3v) is 1.93. The number of ketones is 2. The Morgan fingerprint density at radius 1 is 1.64 bits per heavy atom. The van der Waals surface area contributed by atoms with Crippen LogP contribution in [-0.2, 0) is 9.59 Å². The molecule has 1 rings (SSSR count). The predicted octanol–water partition coefficient (Wildman–Crippen LogP) is 0.441. The second kappa shape index (κ2) is 3.40. The summed E-state index contributed by atoms with van der Waals surface area (Å²) in [7, 11) is 0. The average Bonchev–Trinajstić information content (AvgIpc) is 2.12. The second-order valence-corrected chi connectivity index (χ2v) is 2.89. The van der Waals surface area contributed by atoms with Crippen LogP contribution in [0.15, 0.2) is 30.5 Å². The van der Waals surface area contributed by atoms with E-state index in [1.54, 1.807) is 0 Å². The summed E-state index contributed by atoms with van der Waals surface area (Å²) in [5.41, 5.74) is 0.617. The summed E-state index contributed by atoms with van der Waals surface area (Å²) in [6.45, 7) is 3.21. The van der Waals surface area contributed by atoms with E-state index >= 15 is 0 Å². The Morgan fingerprint density at radius 2 is 2.29 bits per heavy atom. The fourth-order valence-corrected chi connectivity index (χ4v) is 1.17. The van der Waals surface area contributed by atoms with Gasteiger partial charge in [-0.2, -0.15) is 0 Å². The maximum atomic E-state index is 11.0. The van der Waals surface area contributed by atoms with E-state index in [9.17, 15) is 19.7 Å². The lowest BCUT2D eigenvalue weighted by Crippen LogP contribution is -2.41. The molecule has 72 valence electrons. The number of hydrogen-bond acceptors (Lipinski definition) is 4. The molecule has 0 saturated heterocycles. The van der Waals surface area contributed by atoms with Gasteiger partial charge in [-0.3, -0.25) is 19.7 Å². The molecule has 0 aliphatic heterocycles. The summed E-state index contributed by atoms with van der Waals surface area (Å²) in [5.74, 6) is -1.48. The summed E-state index contributed by atoms with van der Waals surface area (Å²) < 4.78 is 0. The lowest BCUT2D eigenvalue weighted by Gasteiger charge is -2.18. The molecule has 1 aliphatic rings. The van der Waals surface area contributed by atoms with Gasteiger partial charge in [0.25, 0.3) is 5.54 Å². The van der Waals surface area contributed by atoms with Crippen molar-refractivity contribution in [2.75, 3.05) is 0 Å². The van der Waals surface area contributed by atoms with E-state index < -0.39 is 28.4 Å². The summed E-state index contributed by atoms with van der Waals surface area (Å²) in [5, 5.41) is 10.7. The van der Waals surface area contributed by atoms with Crippen LogP contribution in [-0.4, -0.2) is 22.0 Å². The predicted molar refractivity (Wildman–Crippen MR) is 47.2 cm³/mol. The van der Waals surface area contributed by atoms with Gasteiger partial charge in [0, 0.05) is 17.1 Å². The highest BCUT2D eigenvalue weighted by Gasteiger charge is 2.44. The number of carbonyl (C=O) groups is 2. The van der Waals surface area contributed by atoms with E-state index in [1.165, 1.54) is 0 Å². The minimum atomic E-state index is -1.65. The summed E-state index contributed by atoms with van der Waals surface area (Å²) in [6, 6.07) is 0. The Labute approximate surface area is 79.6 Å². The third kappa shape index (κ3) is 1.53. The molecule has 5 heteroatoms. The molecule has 0 amide bonds. The molecule has 0 saturated carbocycles. The van der Waals surface area contributed by atoms with Crippen molar-refractivity contribution >= 4 is 11.6 Å². The largest absolute Gasteiger partial charge is 0.290 e. The molecule has 0 aromatic carbocycles. The van der Waals surface area contributed by atoms with Gasteiger partial charge in [0.05, 0.1) is 6.42 Å². The van der Waals surface area contributed by atoms with Gasteiger partial charge in [0.1, 0.15) is 0 Å². The first-order valence-corrected chi connectivity index (χ1v) is 3.80. The van der Waals surface area contributed by atoms with Gasteiger partial charge < -0.3 is 0 Å². The van der Waals surface area contributed by atoms with Crippen molar-refractivity contribution in [3.63, 3.8) is 0 Å². The molecule has 0 N–H and O–H groups in total. The lowest BCUT2D eigenvalue weighted by atomic mass is 9.87. The molecule has 0 aromatic rings. The van der Waals surface area contributed by atoms with Crippen LogP contribution in [0.5, 0.6) is 0 Å². The van der Waals surface area contributed by atoms with Crippen LogP contribution in [0, 0.1) is 10.1 Å². The highest BCUT2D eigenvalue weighted by molar-refractivity contribution is 6.42. The van der Waals surface area contributed by atoms with Gasteiger partial charge in [-0.25, -0.2) is 0 Å². The first kappa shape index (κ1) is 10.1. The number of nitro groups is 1. The Hall–Kier alpha value is -2.00. The molecule has 0 aromatic heterocycles. The van der Waals surface area contributed by atoms with Crippen molar-refractivity contribution in [1.29, 1.82) is 0 Å². The maximum Gasteiger partial charge on any atom is 0.273 e. The molecular formula is C9H7NO4. The molecule has 1 unspecified atom stereocenters. The molecule has 14 heavy (non-hydrogen) atoms. The molecular weight excluding hydrogens is 186 g/mol. The lowest BCUT2D eigenvalue weighted by molar-refractivity contribution is -0.539. The van der Waals surface area contributed by atoms with Crippen LogP contribution < -0.4 is 0 Å². The summed E-state index contributed by atoms with van der Waals surface area (Å²) in [4.78, 5) is 31.9.